The van der Waals surface area contributed by atoms with Crippen LogP contribution in [0.4, 0.5) is 0 Å². The molecule has 0 radical (unpaired) electrons. The van der Waals surface area contributed by atoms with Crippen molar-refractivity contribution in [1.29, 1.82) is 0 Å². The molecule has 8 heteroatoms. The van der Waals surface area contributed by atoms with Crippen molar-refractivity contribution in [3.05, 3.63) is 42.2 Å². The Kier molecular flexibility index (Phi) is 8.44. The van der Waals surface area contributed by atoms with Gasteiger partial charge in [0.05, 0.1) is 5.54 Å². The number of rotatable bonds is 2. The summed E-state index contributed by atoms with van der Waals surface area (Å²) in [5.41, 5.74) is 1.20. The minimum Gasteiger partial charge on any atom is -0.317 e. The van der Waals surface area contributed by atoms with E-state index < -0.39 is 0 Å². The summed E-state index contributed by atoms with van der Waals surface area (Å²) in [5.74, 6) is 0. The fourth-order valence-corrected chi connectivity index (χ4v) is 2.60. The molecule has 1 aliphatic heterocycles. The second kappa shape index (κ2) is 8.68. The van der Waals surface area contributed by atoms with Crippen molar-refractivity contribution in [2.24, 2.45) is 0 Å². The van der Waals surface area contributed by atoms with Crippen molar-refractivity contribution < 1.29 is 19.5 Å². The number of nitrogens with zero attached hydrogens (tertiary/aromatic N) is 4. The molecule has 1 fully saturated rings. The maximum atomic E-state index is 4.12. The first-order valence-corrected chi connectivity index (χ1v) is 5.91. The molecule has 20 heavy (non-hydrogen) atoms. The van der Waals surface area contributed by atoms with Crippen molar-refractivity contribution in [1.82, 2.24) is 25.5 Å². The van der Waals surface area contributed by atoms with Crippen molar-refractivity contribution in [3.8, 4) is 0 Å². The molecule has 0 amide bonds. The smallest absolute Gasteiger partial charge is 0.139 e. The van der Waals surface area contributed by atoms with Crippen molar-refractivity contribution in [2.75, 3.05) is 13.1 Å². The monoisotopic (exact) mass is 365 g/mol. The average molecular weight is 368 g/mol. The van der Waals surface area contributed by atoms with Crippen LogP contribution < -0.4 is 5.32 Å². The molecule has 1 N–H and O–H groups in total. The van der Waals surface area contributed by atoms with Crippen LogP contribution in [-0.2, 0) is 25.0 Å². The number of aromatic nitrogens is 4. The molecule has 0 bridgehead atoms. The molecule has 0 unspecified atom stereocenters. The van der Waals surface area contributed by atoms with Gasteiger partial charge in [-0.3, -0.25) is 0 Å². The van der Waals surface area contributed by atoms with E-state index in [2.05, 4.69) is 45.1 Å². The summed E-state index contributed by atoms with van der Waals surface area (Å²) in [6.45, 7) is 1.99. The van der Waals surface area contributed by atoms with Crippen molar-refractivity contribution in [3.63, 3.8) is 0 Å². The van der Waals surface area contributed by atoms with Crippen LogP contribution >= 0.6 is 24.8 Å². The van der Waals surface area contributed by atoms with Gasteiger partial charge in [-0.2, -0.15) is 0 Å². The van der Waals surface area contributed by atoms with Crippen molar-refractivity contribution >= 4 is 24.8 Å². The van der Waals surface area contributed by atoms with Gasteiger partial charge in [-0.05, 0) is 41.9 Å². The summed E-state index contributed by atoms with van der Waals surface area (Å²) >= 11 is 0. The number of tetrazole rings is 1. The van der Waals surface area contributed by atoms with Crippen LogP contribution in [0.25, 0.3) is 0 Å². The summed E-state index contributed by atoms with van der Waals surface area (Å²) in [6.07, 6.45) is 3.75. The zero-order chi connectivity index (χ0) is 11.6. The zero-order valence-electron chi connectivity index (χ0n) is 11.1. The molecule has 1 aromatic carbocycles. The van der Waals surface area contributed by atoms with Crippen LogP contribution in [0.1, 0.15) is 18.4 Å². The second-order valence-corrected chi connectivity index (χ2v) is 4.40. The van der Waals surface area contributed by atoms with E-state index in [1.165, 1.54) is 5.56 Å². The van der Waals surface area contributed by atoms with E-state index in [4.69, 9.17) is 0 Å². The third-order valence-corrected chi connectivity index (χ3v) is 3.53. The largest absolute Gasteiger partial charge is 0.317 e. The molecular formula is C12H17Cl2N5Zn. The molecule has 2 aromatic rings. The van der Waals surface area contributed by atoms with Gasteiger partial charge in [0.25, 0.3) is 0 Å². The number of piperidine rings is 1. The Morgan fingerprint density at radius 3 is 2.25 bits per heavy atom. The summed E-state index contributed by atoms with van der Waals surface area (Å²) in [5, 5.41) is 15.1. The van der Waals surface area contributed by atoms with Crippen LogP contribution in [0.2, 0.25) is 0 Å². The van der Waals surface area contributed by atoms with Crippen molar-refractivity contribution in [2.45, 2.75) is 18.4 Å². The molecule has 0 spiro atoms. The Labute approximate surface area is 143 Å². The van der Waals surface area contributed by atoms with Gasteiger partial charge in [-0.15, -0.1) is 29.9 Å². The summed E-state index contributed by atoms with van der Waals surface area (Å²) in [6, 6.07) is 10.5. The first-order valence-electron chi connectivity index (χ1n) is 5.91. The number of hydrogen-bond donors (Lipinski definition) is 1. The molecular weight excluding hydrogens is 350 g/mol. The van der Waals surface area contributed by atoms with Gasteiger partial charge in [-0.1, -0.05) is 30.3 Å². The fourth-order valence-electron chi connectivity index (χ4n) is 2.60. The van der Waals surface area contributed by atoms with Gasteiger partial charge in [0.2, 0.25) is 0 Å². The SMILES string of the molecule is Cl.Cl.[Zn].c1ccc(C2(n3cnnn3)CCNCC2)cc1. The molecule has 106 valence electrons. The zero-order valence-corrected chi connectivity index (χ0v) is 15.7. The average Bonchev–Trinajstić information content (AvgIpc) is 2.95. The normalized spacial score (nSPS) is 16.2. The van der Waals surface area contributed by atoms with Crippen LogP contribution in [0.3, 0.4) is 0 Å². The van der Waals surface area contributed by atoms with E-state index in [1.54, 1.807) is 6.33 Å². The standard InChI is InChI=1S/C12H15N5.2ClH.Zn/c1-2-4-11(5-3-1)12(6-8-13-9-7-12)17-10-14-15-16-17;;;/h1-5,10,13H,6-9H2;2*1H;. The summed E-state index contributed by atoms with van der Waals surface area (Å²) in [7, 11) is 0. The van der Waals surface area contributed by atoms with E-state index in [1.807, 2.05) is 10.7 Å². The van der Waals surface area contributed by atoms with Gasteiger partial charge >= 0.3 is 0 Å². The molecule has 3 rings (SSSR count). The summed E-state index contributed by atoms with van der Waals surface area (Å²) < 4.78 is 1.91. The third kappa shape index (κ3) is 3.56. The molecule has 1 aromatic heterocycles. The van der Waals surface area contributed by atoms with Gasteiger partial charge in [0.1, 0.15) is 6.33 Å². The Hall–Kier alpha value is -0.547. The number of hydrogen-bond acceptors (Lipinski definition) is 4. The molecule has 1 saturated heterocycles. The summed E-state index contributed by atoms with van der Waals surface area (Å²) in [4.78, 5) is 0. The van der Waals surface area contributed by atoms with E-state index >= 15 is 0 Å². The Morgan fingerprint density at radius 2 is 1.70 bits per heavy atom. The minimum absolute atomic E-state index is 0. The van der Waals surface area contributed by atoms with E-state index in [0.29, 0.717) is 0 Å². The maximum Gasteiger partial charge on any atom is 0.139 e. The molecule has 0 saturated carbocycles. The Bertz CT molecular complexity index is 474. The molecule has 0 atom stereocenters. The molecule has 0 aliphatic carbocycles. The quantitative estimate of drug-likeness (QED) is 0.820. The molecule has 1 aliphatic rings. The van der Waals surface area contributed by atoms with Gasteiger partial charge in [-0.25, -0.2) is 4.68 Å². The number of halogens is 2. The first-order chi connectivity index (χ1) is 8.42. The van der Waals surface area contributed by atoms with E-state index in [-0.39, 0.29) is 49.8 Å². The second-order valence-electron chi connectivity index (χ2n) is 4.40. The Balaban J connectivity index is 0.00000120. The van der Waals surface area contributed by atoms with Gasteiger partial charge in [0, 0.05) is 19.5 Å². The third-order valence-electron chi connectivity index (χ3n) is 3.53. The van der Waals surface area contributed by atoms with Crippen LogP contribution in [0, 0.1) is 0 Å². The van der Waals surface area contributed by atoms with Crippen LogP contribution in [-0.4, -0.2) is 33.3 Å². The number of benzene rings is 1. The number of nitrogens with one attached hydrogen (secondary N) is 1. The Morgan fingerprint density at radius 1 is 1.05 bits per heavy atom. The van der Waals surface area contributed by atoms with E-state index in [9.17, 15) is 0 Å². The first kappa shape index (κ1) is 19.5. The van der Waals surface area contributed by atoms with E-state index in [0.717, 1.165) is 25.9 Å². The van der Waals surface area contributed by atoms with Gasteiger partial charge < -0.3 is 5.32 Å². The maximum absolute atomic E-state index is 4.12. The minimum atomic E-state index is -0.0873. The van der Waals surface area contributed by atoms with Crippen LogP contribution in [0.5, 0.6) is 0 Å². The fraction of sp³-hybridized carbons (Fsp3) is 0.417. The molecule has 2 heterocycles. The van der Waals surface area contributed by atoms with Crippen LogP contribution in [0.15, 0.2) is 36.7 Å². The topological polar surface area (TPSA) is 55.6 Å². The predicted molar refractivity (Wildman–Crippen MR) is 77.9 cm³/mol. The predicted octanol–water partition coefficient (Wildman–Crippen LogP) is 1.64. The molecule has 5 nitrogen and oxygen atoms in total. The van der Waals surface area contributed by atoms with Gasteiger partial charge in [0.15, 0.2) is 0 Å².